The van der Waals surface area contributed by atoms with Gasteiger partial charge in [0.05, 0.1) is 11.5 Å². The third kappa shape index (κ3) is 8.08. The number of esters is 1. The maximum absolute atomic E-state index is 11.4. The van der Waals surface area contributed by atoms with Crippen molar-refractivity contribution < 1.29 is 28.7 Å². The second-order valence-corrected chi connectivity index (χ2v) is 5.71. The minimum Gasteiger partial charge on any atom is -0.459 e. The topological polar surface area (TPSA) is 117 Å². The number of carbonyl (C=O) groups excluding carboxylic acids is 2. The average Bonchev–Trinajstić information content (AvgIpc) is 2.45. The van der Waals surface area contributed by atoms with Gasteiger partial charge in [-0.3, -0.25) is 14.9 Å². The lowest BCUT2D eigenvalue weighted by molar-refractivity contribution is -0.384. The number of carbonyl (C=O) groups is 2. The highest BCUT2D eigenvalue weighted by molar-refractivity contribution is 5.72. The summed E-state index contributed by atoms with van der Waals surface area (Å²) in [5.74, 6) is -0.275. The summed E-state index contributed by atoms with van der Waals surface area (Å²) < 4.78 is 14.7. The van der Waals surface area contributed by atoms with Gasteiger partial charge in [-0.25, -0.2) is 4.79 Å². The van der Waals surface area contributed by atoms with Gasteiger partial charge >= 0.3 is 12.1 Å². The molecule has 0 aliphatic heterocycles. The predicted octanol–water partition coefficient (Wildman–Crippen LogP) is 2.04. The molecule has 0 saturated heterocycles. The molecule has 0 aliphatic carbocycles. The number of hydrogen-bond acceptors (Lipinski definition) is 8. The van der Waals surface area contributed by atoms with E-state index in [9.17, 15) is 19.7 Å². The third-order valence-corrected chi connectivity index (χ3v) is 2.44. The molecule has 0 radical (unpaired) electrons. The summed E-state index contributed by atoms with van der Waals surface area (Å²) in [6.45, 7) is 5.54. The number of nitrogens with zero attached hydrogens (tertiary/aromatic N) is 1. The molecular weight excluding hydrogens is 320 g/mol. The molecule has 1 aromatic rings. The fourth-order valence-corrected chi connectivity index (χ4v) is 1.54. The molecule has 0 spiro atoms. The Kier molecular flexibility index (Phi) is 7.12. The molecule has 132 valence electrons. The summed E-state index contributed by atoms with van der Waals surface area (Å²) in [5.41, 5.74) is -0.661. The van der Waals surface area contributed by atoms with Crippen molar-refractivity contribution in [3.8, 4) is 5.75 Å². The minimum absolute atomic E-state index is 0.00195. The third-order valence-electron chi connectivity index (χ3n) is 2.44. The molecule has 1 aromatic carbocycles. The van der Waals surface area contributed by atoms with Gasteiger partial charge in [0, 0.05) is 18.7 Å². The zero-order chi connectivity index (χ0) is 18.2. The smallest absolute Gasteiger partial charge is 0.459 e. The van der Waals surface area contributed by atoms with E-state index in [2.05, 4.69) is 5.32 Å². The fourth-order valence-electron chi connectivity index (χ4n) is 1.54. The van der Waals surface area contributed by atoms with Gasteiger partial charge in [0.1, 0.15) is 18.0 Å². The molecule has 24 heavy (non-hydrogen) atoms. The standard InChI is InChI=1S/C15H20N2O7/c1-15(2,3)24-13(18)10-16-8-9-22-14(19)23-12-6-4-11(5-7-12)17(20)21/h4-7,16H,8-10H2,1-3H3. The molecule has 0 unspecified atom stereocenters. The highest BCUT2D eigenvalue weighted by Crippen LogP contribution is 2.17. The molecule has 0 heterocycles. The minimum atomic E-state index is -0.942. The number of nitrogens with one attached hydrogen (secondary N) is 1. The summed E-state index contributed by atoms with van der Waals surface area (Å²) >= 11 is 0. The van der Waals surface area contributed by atoms with E-state index in [1.54, 1.807) is 20.8 Å². The van der Waals surface area contributed by atoms with Crippen LogP contribution in [0, 0.1) is 10.1 Å². The highest BCUT2D eigenvalue weighted by atomic mass is 16.7. The van der Waals surface area contributed by atoms with Crippen LogP contribution in [0.3, 0.4) is 0 Å². The van der Waals surface area contributed by atoms with Crippen LogP contribution in [-0.4, -0.2) is 42.3 Å². The lowest BCUT2D eigenvalue weighted by Gasteiger charge is -2.19. The summed E-state index contributed by atoms with van der Waals surface area (Å²) in [5, 5.41) is 13.3. The van der Waals surface area contributed by atoms with Crippen molar-refractivity contribution in [3.05, 3.63) is 34.4 Å². The normalized spacial score (nSPS) is 10.8. The molecule has 0 fully saturated rings. The number of nitro groups is 1. The first kappa shape index (κ1) is 19.4. The molecule has 0 aliphatic rings. The second kappa shape index (κ2) is 8.82. The molecule has 0 atom stereocenters. The number of ether oxygens (including phenoxy) is 3. The van der Waals surface area contributed by atoms with Crippen molar-refractivity contribution in [1.82, 2.24) is 5.32 Å². The van der Waals surface area contributed by atoms with Crippen molar-refractivity contribution >= 4 is 17.8 Å². The quantitative estimate of drug-likeness (QED) is 0.263. The Balaban J connectivity index is 2.20. The largest absolute Gasteiger partial charge is 0.513 e. The first-order valence-electron chi connectivity index (χ1n) is 7.19. The van der Waals surface area contributed by atoms with Crippen LogP contribution in [0.4, 0.5) is 10.5 Å². The SMILES string of the molecule is CC(C)(C)OC(=O)CNCCOC(=O)Oc1ccc([N+](=O)[O-])cc1. The number of benzene rings is 1. The van der Waals surface area contributed by atoms with E-state index >= 15 is 0 Å². The molecule has 9 nitrogen and oxygen atoms in total. The molecule has 0 amide bonds. The Morgan fingerprint density at radius 2 is 1.83 bits per heavy atom. The van der Waals surface area contributed by atoms with E-state index in [1.807, 2.05) is 0 Å². The Morgan fingerprint density at radius 3 is 2.38 bits per heavy atom. The van der Waals surface area contributed by atoms with E-state index < -0.39 is 22.6 Å². The van der Waals surface area contributed by atoms with Gasteiger partial charge in [-0.2, -0.15) is 0 Å². The summed E-state index contributed by atoms with van der Waals surface area (Å²) in [6, 6.07) is 5.01. The number of nitro benzene ring substituents is 1. The maximum atomic E-state index is 11.4. The van der Waals surface area contributed by atoms with Gasteiger partial charge in [0.25, 0.3) is 5.69 Å². The van der Waals surface area contributed by atoms with Crippen LogP contribution in [0.1, 0.15) is 20.8 Å². The Labute approximate surface area is 139 Å². The molecule has 1 N–H and O–H groups in total. The van der Waals surface area contributed by atoms with Crippen LogP contribution in [0.25, 0.3) is 0 Å². The summed E-state index contributed by atoms with van der Waals surface area (Å²) in [7, 11) is 0. The van der Waals surface area contributed by atoms with E-state index in [4.69, 9.17) is 14.2 Å². The van der Waals surface area contributed by atoms with Crippen molar-refractivity contribution in [3.63, 3.8) is 0 Å². The first-order valence-corrected chi connectivity index (χ1v) is 7.19. The molecular formula is C15H20N2O7. The van der Waals surface area contributed by atoms with Crippen LogP contribution in [0.5, 0.6) is 5.75 Å². The van der Waals surface area contributed by atoms with Gasteiger partial charge in [-0.15, -0.1) is 0 Å². The van der Waals surface area contributed by atoms with Crippen LogP contribution < -0.4 is 10.1 Å². The van der Waals surface area contributed by atoms with Crippen LogP contribution in [-0.2, 0) is 14.3 Å². The van der Waals surface area contributed by atoms with E-state index in [-0.39, 0.29) is 31.1 Å². The van der Waals surface area contributed by atoms with Crippen LogP contribution in [0.2, 0.25) is 0 Å². The fraction of sp³-hybridized carbons (Fsp3) is 0.467. The molecule has 1 rings (SSSR count). The monoisotopic (exact) mass is 340 g/mol. The maximum Gasteiger partial charge on any atom is 0.513 e. The summed E-state index contributed by atoms with van der Waals surface area (Å²) in [6.07, 6.45) is -0.942. The Bertz CT molecular complexity index is 578. The average molecular weight is 340 g/mol. The molecule has 0 saturated carbocycles. The van der Waals surface area contributed by atoms with Gasteiger partial charge < -0.3 is 19.5 Å². The lowest BCUT2D eigenvalue weighted by Crippen LogP contribution is -2.33. The number of non-ortho nitro benzene ring substituents is 1. The zero-order valence-electron chi connectivity index (χ0n) is 13.7. The molecule has 9 heteroatoms. The van der Waals surface area contributed by atoms with Gasteiger partial charge in [0.2, 0.25) is 0 Å². The zero-order valence-corrected chi connectivity index (χ0v) is 13.7. The van der Waals surface area contributed by atoms with Crippen molar-refractivity contribution in [2.75, 3.05) is 19.7 Å². The molecule has 0 aromatic heterocycles. The predicted molar refractivity (Wildman–Crippen MR) is 83.8 cm³/mol. The Hall–Kier alpha value is -2.68. The lowest BCUT2D eigenvalue weighted by atomic mass is 10.2. The first-order chi connectivity index (χ1) is 11.2. The Morgan fingerprint density at radius 1 is 1.21 bits per heavy atom. The van der Waals surface area contributed by atoms with Crippen molar-refractivity contribution in [1.29, 1.82) is 0 Å². The summed E-state index contributed by atoms with van der Waals surface area (Å²) in [4.78, 5) is 32.8. The van der Waals surface area contributed by atoms with E-state index in [0.29, 0.717) is 0 Å². The van der Waals surface area contributed by atoms with Crippen LogP contribution in [0.15, 0.2) is 24.3 Å². The van der Waals surface area contributed by atoms with Crippen LogP contribution >= 0.6 is 0 Å². The van der Waals surface area contributed by atoms with Crippen molar-refractivity contribution in [2.24, 2.45) is 0 Å². The van der Waals surface area contributed by atoms with E-state index in [0.717, 1.165) is 0 Å². The number of rotatable bonds is 7. The molecule has 0 bridgehead atoms. The van der Waals surface area contributed by atoms with Gasteiger partial charge in [0.15, 0.2) is 0 Å². The number of hydrogen-bond donors (Lipinski definition) is 1. The van der Waals surface area contributed by atoms with Gasteiger partial charge in [-0.05, 0) is 32.9 Å². The van der Waals surface area contributed by atoms with Crippen molar-refractivity contribution in [2.45, 2.75) is 26.4 Å². The second-order valence-electron chi connectivity index (χ2n) is 5.71. The van der Waals surface area contributed by atoms with Gasteiger partial charge in [-0.1, -0.05) is 0 Å². The highest BCUT2D eigenvalue weighted by Gasteiger charge is 2.15. The van der Waals surface area contributed by atoms with E-state index in [1.165, 1.54) is 24.3 Å².